The van der Waals surface area contributed by atoms with E-state index in [1.54, 1.807) is 36.1 Å². The molecule has 1 aliphatic rings. The van der Waals surface area contributed by atoms with Gasteiger partial charge in [0.05, 0.1) is 17.1 Å². The molecule has 5 nitrogen and oxygen atoms in total. The third-order valence-corrected chi connectivity index (χ3v) is 5.87. The van der Waals surface area contributed by atoms with E-state index in [0.29, 0.717) is 28.9 Å². The number of benzene rings is 4. The summed E-state index contributed by atoms with van der Waals surface area (Å²) in [6.45, 7) is 2.30. The smallest absolute Gasteiger partial charge is 0.262 e. The van der Waals surface area contributed by atoms with Crippen molar-refractivity contribution < 1.29 is 14.0 Å². The Labute approximate surface area is 196 Å². The number of aryl methyl sites for hydroxylation is 1. The number of hydrogen-bond donors (Lipinski definition) is 2. The molecule has 168 valence electrons. The number of amides is 2. The molecule has 0 aliphatic carbocycles. The topological polar surface area (TPSA) is 61.4 Å². The molecule has 4 aromatic carbocycles. The van der Waals surface area contributed by atoms with Crippen LogP contribution in [-0.2, 0) is 6.54 Å². The Kier molecular flexibility index (Phi) is 5.55. The quantitative estimate of drug-likeness (QED) is 0.385. The standard InChI is InChI=1S/C28H22FN3O2/c1-18-16-21(29)12-15-23(18)27(33)31-22-13-10-19(11-14-22)28(34)32-25-8-4-2-6-20(25)17-30-24-7-3-5-9-26(24)32/h2-16,30H,17H2,1H3,(H,31,33). The van der Waals surface area contributed by atoms with Crippen LogP contribution < -0.4 is 15.5 Å². The van der Waals surface area contributed by atoms with Gasteiger partial charge >= 0.3 is 0 Å². The summed E-state index contributed by atoms with van der Waals surface area (Å²) in [5.41, 5.74) is 5.49. The van der Waals surface area contributed by atoms with Crippen LogP contribution >= 0.6 is 0 Å². The molecule has 0 unspecified atom stereocenters. The van der Waals surface area contributed by atoms with Crippen molar-refractivity contribution in [1.29, 1.82) is 0 Å². The maximum atomic E-state index is 13.7. The van der Waals surface area contributed by atoms with Gasteiger partial charge in [0.15, 0.2) is 0 Å². The van der Waals surface area contributed by atoms with E-state index in [4.69, 9.17) is 0 Å². The molecule has 0 bridgehead atoms. The van der Waals surface area contributed by atoms with Crippen LogP contribution in [0.1, 0.15) is 31.8 Å². The first-order valence-corrected chi connectivity index (χ1v) is 10.9. The lowest BCUT2D eigenvalue weighted by atomic mass is 10.1. The van der Waals surface area contributed by atoms with E-state index >= 15 is 0 Å². The second kappa shape index (κ2) is 8.83. The summed E-state index contributed by atoms with van der Waals surface area (Å²) >= 11 is 0. The van der Waals surface area contributed by atoms with Crippen molar-refractivity contribution in [3.63, 3.8) is 0 Å². The summed E-state index contributed by atoms with van der Waals surface area (Å²) in [7, 11) is 0. The van der Waals surface area contributed by atoms with Crippen molar-refractivity contribution >= 4 is 34.6 Å². The molecule has 1 heterocycles. The van der Waals surface area contributed by atoms with Gasteiger partial charge in [-0.25, -0.2) is 4.39 Å². The molecule has 0 spiro atoms. The van der Waals surface area contributed by atoms with Crippen LogP contribution in [0.2, 0.25) is 0 Å². The molecular formula is C28H22FN3O2. The molecule has 5 rings (SSSR count). The zero-order valence-corrected chi connectivity index (χ0v) is 18.5. The van der Waals surface area contributed by atoms with Gasteiger partial charge in [-0.05, 0) is 78.7 Å². The fraction of sp³-hybridized carbons (Fsp3) is 0.0714. The third kappa shape index (κ3) is 4.01. The van der Waals surface area contributed by atoms with Crippen molar-refractivity contribution in [2.75, 3.05) is 15.5 Å². The van der Waals surface area contributed by atoms with E-state index in [0.717, 1.165) is 22.6 Å². The van der Waals surface area contributed by atoms with Gasteiger partial charge in [-0.3, -0.25) is 14.5 Å². The Morgan fingerprint density at radius 3 is 2.35 bits per heavy atom. The highest BCUT2D eigenvalue weighted by atomic mass is 19.1. The van der Waals surface area contributed by atoms with Gasteiger partial charge in [-0.15, -0.1) is 0 Å². The molecule has 0 radical (unpaired) electrons. The summed E-state index contributed by atoms with van der Waals surface area (Å²) in [6.07, 6.45) is 0. The average molecular weight is 452 g/mol. The van der Waals surface area contributed by atoms with Gasteiger partial charge in [0.2, 0.25) is 0 Å². The number of para-hydroxylation sites is 3. The largest absolute Gasteiger partial charge is 0.379 e. The van der Waals surface area contributed by atoms with Crippen molar-refractivity contribution in [1.82, 2.24) is 0 Å². The Morgan fingerprint density at radius 1 is 0.882 bits per heavy atom. The minimum atomic E-state index is -0.385. The zero-order valence-electron chi connectivity index (χ0n) is 18.5. The van der Waals surface area contributed by atoms with Gasteiger partial charge in [0.25, 0.3) is 11.8 Å². The molecule has 34 heavy (non-hydrogen) atoms. The van der Waals surface area contributed by atoms with Crippen molar-refractivity contribution in [2.24, 2.45) is 0 Å². The van der Waals surface area contributed by atoms with E-state index in [1.807, 2.05) is 48.5 Å². The monoisotopic (exact) mass is 451 g/mol. The average Bonchev–Trinajstić information content (AvgIpc) is 3.01. The lowest BCUT2D eigenvalue weighted by Gasteiger charge is -2.24. The van der Waals surface area contributed by atoms with Crippen LogP contribution in [0.15, 0.2) is 91.0 Å². The Bertz CT molecular complexity index is 1350. The highest BCUT2D eigenvalue weighted by molar-refractivity contribution is 6.13. The van der Waals surface area contributed by atoms with Crippen molar-refractivity contribution in [3.05, 3.63) is 119 Å². The van der Waals surface area contributed by atoms with Gasteiger partial charge in [-0.2, -0.15) is 0 Å². The van der Waals surface area contributed by atoms with Gasteiger partial charge in [0.1, 0.15) is 5.82 Å². The fourth-order valence-electron chi connectivity index (χ4n) is 4.14. The van der Waals surface area contributed by atoms with Crippen LogP contribution in [0.4, 0.5) is 27.1 Å². The normalized spacial score (nSPS) is 12.1. The molecule has 0 saturated heterocycles. The van der Waals surface area contributed by atoms with Gasteiger partial charge in [-0.1, -0.05) is 30.3 Å². The highest BCUT2D eigenvalue weighted by Crippen LogP contribution is 2.38. The lowest BCUT2D eigenvalue weighted by Crippen LogP contribution is -2.26. The van der Waals surface area contributed by atoms with Crippen LogP contribution in [0.3, 0.4) is 0 Å². The number of rotatable bonds is 3. The first kappa shape index (κ1) is 21.4. The predicted molar refractivity (Wildman–Crippen MR) is 132 cm³/mol. The number of nitrogens with one attached hydrogen (secondary N) is 2. The van der Waals surface area contributed by atoms with E-state index in [9.17, 15) is 14.0 Å². The lowest BCUT2D eigenvalue weighted by molar-refractivity contribution is 0.0997. The van der Waals surface area contributed by atoms with Crippen LogP contribution in [-0.4, -0.2) is 11.8 Å². The second-order valence-corrected chi connectivity index (χ2v) is 8.13. The van der Waals surface area contributed by atoms with E-state index in [1.165, 1.54) is 18.2 Å². The Hall–Kier alpha value is -4.45. The molecule has 0 aromatic heterocycles. The molecule has 1 aliphatic heterocycles. The number of carbonyl (C=O) groups is 2. The van der Waals surface area contributed by atoms with Crippen LogP contribution in [0, 0.1) is 12.7 Å². The van der Waals surface area contributed by atoms with E-state index in [2.05, 4.69) is 10.6 Å². The van der Waals surface area contributed by atoms with E-state index < -0.39 is 0 Å². The maximum Gasteiger partial charge on any atom is 0.262 e. The van der Waals surface area contributed by atoms with Crippen LogP contribution in [0.5, 0.6) is 0 Å². The summed E-state index contributed by atoms with van der Waals surface area (Å²) in [5.74, 6) is -0.891. The van der Waals surface area contributed by atoms with Gasteiger partial charge < -0.3 is 10.6 Å². The first-order chi connectivity index (χ1) is 16.5. The summed E-state index contributed by atoms with van der Waals surface area (Å²) < 4.78 is 13.4. The molecule has 4 aromatic rings. The molecule has 0 atom stereocenters. The van der Waals surface area contributed by atoms with Gasteiger partial charge in [0, 0.05) is 23.4 Å². The molecule has 2 amide bonds. The number of nitrogens with zero attached hydrogens (tertiary/aromatic N) is 1. The SMILES string of the molecule is Cc1cc(F)ccc1C(=O)Nc1ccc(C(=O)N2c3ccccc3CNc3ccccc32)cc1. The molecule has 0 fully saturated rings. The minimum absolute atomic E-state index is 0.171. The predicted octanol–water partition coefficient (Wildman–Crippen LogP) is 6.29. The first-order valence-electron chi connectivity index (χ1n) is 10.9. The number of carbonyl (C=O) groups excluding carboxylic acids is 2. The minimum Gasteiger partial charge on any atom is -0.379 e. The summed E-state index contributed by atoms with van der Waals surface area (Å²) in [4.78, 5) is 28.0. The Balaban J connectivity index is 1.43. The van der Waals surface area contributed by atoms with Crippen molar-refractivity contribution in [3.8, 4) is 0 Å². The summed E-state index contributed by atoms with van der Waals surface area (Å²) in [6, 6.07) is 26.4. The Morgan fingerprint density at radius 2 is 1.59 bits per heavy atom. The fourth-order valence-corrected chi connectivity index (χ4v) is 4.14. The molecular weight excluding hydrogens is 429 g/mol. The number of fused-ring (bicyclic) bond motifs is 2. The maximum absolute atomic E-state index is 13.7. The number of anilines is 4. The number of halogens is 1. The second-order valence-electron chi connectivity index (χ2n) is 8.13. The molecule has 6 heteroatoms. The summed E-state index contributed by atoms with van der Waals surface area (Å²) in [5, 5.41) is 6.22. The third-order valence-electron chi connectivity index (χ3n) is 5.87. The molecule has 0 saturated carbocycles. The zero-order chi connectivity index (χ0) is 23.7. The highest BCUT2D eigenvalue weighted by Gasteiger charge is 2.26. The number of hydrogen-bond acceptors (Lipinski definition) is 3. The van der Waals surface area contributed by atoms with E-state index in [-0.39, 0.29) is 17.6 Å². The van der Waals surface area contributed by atoms with Crippen LogP contribution in [0.25, 0.3) is 0 Å². The molecule has 2 N–H and O–H groups in total. The van der Waals surface area contributed by atoms with Crippen molar-refractivity contribution in [2.45, 2.75) is 13.5 Å².